The van der Waals surface area contributed by atoms with Crippen LogP contribution in [0, 0.1) is 5.92 Å². The van der Waals surface area contributed by atoms with Crippen LogP contribution in [0.5, 0.6) is 0 Å². The Balaban J connectivity index is 2.47. The fraction of sp³-hybridized carbons (Fsp3) is 0.857. The first-order valence-corrected chi connectivity index (χ1v) is 7.37. The lowest BCUT2D eigenvalue weighted by atomic mass is 9.78. The van der Waals surface area contributed by atoms with Crippen molar-refractivity contribution in [1.82, 2.24) is 14.8 Å². The monoisotopic (exact) mass is 304 g/mol. The molecule has 2 unspecified atom stereocenters. The smallest absolute Gasteiger partial charge is 0.324 e. The summed E-state index contributed by atoms with van der Waals surface area (Å²) in [6.45, 7) is 5.98. The zero-order chi connectivity index (χ0) is 15.8. The number of hydrogen-bond acceptors (Lipinski definition) is 3. The van der Waals surface area contributed by atoms with E-state index in [1.165, 1.54) is 0 Å². The van der Waals surface area contributed by atoms with Gasteiger partial charge >= 0.3 is 6.18 Å². The average Bonchev–Trinajstić information content (AvgIpc) is 2.81. The minimum atomic E-state index is -4.19. The molecule has 1 aromatic rings. The van der Waals surface area contributed by atoms with Crippen LogP contribution in [0.2, 0.25) is 0 Å². The van der Waals surface area contributed by atoms with Crippen LogP contribution in [0.3, 0.4) is 0 Å². The van der Waals surface area contributed by atoms with Gasteiger partial charge in [0, 0.05) is 11.5 Å². The molecule has 1 aliphatic rings. The van der Waals surface area contributed by atoms with Gasteiger partial charge in [0.15, 0.2) is 0 Å². The predicted octanol–water partition coefficient (Wildman–Crippen LogP) is 3.33. The Hall–Kier alpha value is -1.11. The van der Waals surface area contributed by atoms with Crippen molar-refractivity contribution < 1.29 is 13.2 Å². The molecule has 0 radical (unpaired) electrons. The lowest BCUT2D eigenvalue weighted by molar-refractivity contribution is -0.188. The van der Waals surface area contributed by atoms with Gasteiger partial charge in [-0.05, 0) is 33.6 Å². The summed E-state index contributed by atoms with van der Waals surface area (Å²) in [6.07, 6.45) is -2.10. The highest BCUT2D eigenvalue weighted by atomic mass is 19.4. The molecule has 0 saturated heterocycles. The Morgan fingerprint density at radius 2 is 1.76 bits per heavy atom. The van der Waals surface area contributed by atoms with Gasteiger partial charge < -0.3 is 10.3 Å². The zero-order valence-corrected chi connectivity index (χ0v) is 12.7. The van der Waals surface area contributed by atoms with Gasteiger partial charge in [0.05, 0.1) is 12.5 Å². The van der Waals surface area contributed by atoms with Crippen LogP contribution in [0.25, 0.3) is 0 Å². The number of nitrogens with zero attached hydrogens (tertiary/aromatic N) is 3. The Bertz CT molecular complexity index is 487. The minimum absolute atomic E-state index is 0.170. The predicted molar refractivity (Wildman–Crippen MR) is 73.7 cm³/mol. The van der Waals surface area contributed by atoms with E-state index in [4.69, 9.17) is 5.73 Å². The molecule has 4 nitrogen and oxygen atoms in total. The summed E-state index contributed by atoms with van der Waals surface area (Å²) in [5.41, 5.74) is 5.28. The quantitative estimate of drug-likeness (QED) is 0.912. The fourth-order valence-electron chi connectivity index (χ4n) is 3.27. The number of hydrogen-bond donors (Lipinski definition) is 1. The van der Waals surface area contributed by atoms with Crippen LogP contribution in [0.1, 0.15) is 64.0 Å². The molecule has 1 aliphatic carbocycles. The maximum Gasteiger partial charge on any atom is 0.392 e. The van der Waals surface area contributed by atoms with E-state index in [9.17, 15) is 13.2 Å². The van der Waals surface area contributed by atoms with E-state index >= 15 is 0 Å². The standard InChI is InChI=1S/C14H23F3N4/c1-13(2,3)21-11(8-18)19-20-12(21)9-6-4-5-7-10(9)14(15,16)17/h9-10H,4-8,18H2,1-3H3. The summed E-state index contributed by atoms with van der Waals surface area (Å²) < 4.78 is 41.7. The van der Waals surface area contributed by atoms with Crippen molar-refractivity contribution in [1.29, 1.82) is 0 Å². The Morgan fingerprint density at radius 1 is 1.14 bits per heavy atom. The molecule has 0 bridgehead atoms. The van der Waals surface area contributed by atoms with E-state index in [1.807, 2.05) is 20.8 Å². The first-order chi connectivity index (χ1) is 9.66. The van der Waals surface area contributed by atoms with Crippen LogP contribution >= 0.6 is 0 Å². The van der Waals surface area contributed by atoms with Gasteiger partial charge in [-0.15, -0.1) is 10.2 Å². The molecule has 1 aromatic heterocycles. The van der Waals surface area contributed by atoms with Gasteiger partial charge in [0.1, 0.15) is 11.6 Å². The highest BCUT2D eigenvalue weighted by Crippen LogP contribution is 2.46. The Morgan fingerprint density at radius 3 is 2.29 bits per heavy atom. The number of halogens is 3. The molecule has 1 heterocycles. The molecule has 1 fully saturated rings. The second kappa shape index (κ2) is 5.59. The van der Waals surface area contributed by atoms with Gasteiger partial charge in [-0.2, -0.15) is 13.2 Å². The van der Waals surface area contributed by atoms with E-state index in [0.717, 1.165) is 6.42 Å². The van der Waals surface area contributed by atoms with Crippen molar-refractivity contribution in [3.05, 3.63) is 11.6 Å². The van der Waals surface area contributed by atoms with Gasteiger partial charge in [-0.1, -0.05) is 12.8 Å². The SMILES string of the molecule is CC(C)(C)n1c(CN)nnc1C1CCCCC1C(F)(F)F. The molecule has 2 rings (SSSR count). The van der Waals surface area contributed by atoms with Crippen molar-refractivity contribution in [2.24, 2.45) is 11.7 Å². The topological polar surface area (TPSA) is 56.7 Å². The third kappa shape index (κ3) is 3.22. The molecule has 120 valence electrons. The number of alkyl halides is 3. The molecule has 0 aliphatic heterocycles. The van der Waals surface area contributed by atoms with Crippen molar-refractivity contribution in [3.8, 4) is 0 Å². The molecule has 7 heteroatoms. The van der Waals surface area contributed by atoms with Gasteiger partial charge in [0.25, 0.3) is 0 Å². The third-order valence-corrected chi connectivity index (χ3v) is 4.13. The normalized spacial score (nSPS) is 24.3. The zero-order valence-electron chi connectivity index (χ0n) is 12.7. The molecule has 0 amide bonds. The van der Waals surface area contributed by atoms with Gasteiger partial charge in [-0.3, -0.25) is 0 Å². The van der Waals surface area contributed by atoms with E-state index in [2.05, 4.69) is 10.2 Å². The molecule has 0 spiro atoms. The highest BCUT2D eigenvalue weighted by molar-refractivity contribution is 5.09. The first-order valence-electron chi connectivity index (χ1n) is 7.37. The second-order valence-electron chi connectivity index (χ2n) is 6.72. The van der Waals surface area contributed by atoms with Crippen LogP contribution < -0.4 is 5.73 Å². The summed E-state index contributed by atoms with van der Waals surface area (Å²) >= 11 is 0. The molecule has 21 heavy (non-hydrogen) atoms. The second-order valence-corrected chi connectivity index (χ2v) is 6.72. The molecule has 2 atom stereocenters. The molecular formula is C14H23F3N4. The molecule has 0 aromatic carbocycles. The van der Waals surface area contributed by atoms with Crippen molar-refractivity contribution in [3.63, 3.8) is 0 Å². The molecule has 2 N–H and O–H groups in total. The summed E-state index contributed by atoms with van der Waals surface area (Å²) in [6, 6.07) is 0. The fourth-order valence-corrected chi connectivity index (χ4v) is 3.27. The summed E-state index contributed by atoms with van der Waals surface area (Å²) in [5.74, 6) is -0.970. The largest absolute Gasteiger partial charge is 0.392 e. The van der Waals surface area contributed by atoms with Crippen molar-refractivity contribution in [2.75, 3.05) is 0 Å². The van der Waals surface area contributed by atoms with Gasteiger partial charge in [-0.25, -0.2) is 0 Å². The minimum Gasteiger partial charge on any atom is -0.324 e. The Kier molecular flexibility index (Phi) is 4.33. The van der Waals surface area contributed by atoms with Crippen molar-refractivity contribution >= 4 is 0 Å². The van der Waals surface area contributed by atoms with Gasteiger partial charge in [0.2, 0.25) is 0 Å². The summed E-state index contributed by atoms with van der Waals surface area (Å²) in [5, 5.41) is 8.09. The summed E-state index contributed by atoms with van der Waals surface area (Å²) in [7, 11) is 0. The number of aromatic nitrogens is 3. The van der Waals surface area contributed by atoms with Crippen LogP contribution in [-0.2, 0) is 12.1 Å². The maximum atomic E-state index is 13.3. The van der Waals surface area contributed by atoms with E-state index in [-0.39, 0.29) is 18.5 Å². The Labute approximate surface area is 122 Å². The van der Waals surface area contributed by atoms with Crippen LogP contribution in [0.15, 0.2) is 0 Å². The van der Waals surface area contributed by atoms with E-state index in [1.54, 1.807) is 4.57 Å². The summed E-state index contributed by atoms with van der Waals surface area (Å²) in [4.78, 5) is 0. The van der Waals surface area contributed by atoms with Crippen LogP contribution in [-0.4, -0.2) is 20.9 Å². The lowest BCUT2D eigenvalue weighted by Crippen LogP contribution is -2.36. The number of rotatable bonds is 2. The maximum absolute atomic E-state index is 13.3. The van der Waals surface area contributed by atoms with Crippen LogP contribution in [0.4, 0.5) is 13.2 Å². The average molecular weight is 304 g/mol. The number of nitrogens with two attached hydrogens (primary N) is 1. The third-order valence-electron chi connectivity index (χ3n) is 4.13. The highest BCUT2D eigenvalue weighted by Gasteiger charge is 2.48. The van der Waals surface area contributed by atoms with E-state index in [0.29, 0.717) is 24.5 Å². The lowest BCUT2D eigenvalue weighted by Gasteiger charge is -2.35. The molecule has 1 saturated carbocycles. The van der Waals surface area contributed by atoms with E-state index < -0.39 is 18.0 Å². The van der Waals surface area contributed by atoms with Crippen molar-refractivity contribution in [2.45, 2.75) is 70.6 Å². The first kappa shape index (κ1) is 16.3. The molecular weight excluding hydrogens is 281 g/mol.